The average molecular weight is 243 g/mol. The molecule has 2 aromatic rings. The second-order valence-corrected chi connectivity index (χ2v) is 4.10. The van der Waals surface area contributed by atoms with E-state index in [0.29, 0.717) is 12.4 Å². The molecule has 18 heavy (non-hydrogen) atoms. The second-order valence-electron chi connectivity index (χ2n) is 4.10. The van der Waals surface area contributed by atoms with E-state index in [1.807, 2.05) is 19.2 Å². The lowest BCUT2D eigenvalue weighted by molar-refractivity contribution is 1.01. The molecule has 0 radical (unpaired) electrons. The van der Waals surface area contributed by atoms with Gasteiger partial charge in [-0.1, -0.05) is 6.92 Å². The van der Waals surface area contributed by atoms with E-state index >= 15 is 0 Å². The van der Waals surface area contributed by atoms with Crippen molar-refractivity contribution in [3.63, 3.8) is 0 Å². The maximum Gasteiger partial charge on any atom is 0.134 e. The summed E-state index contributed by atoms with van der Waals surface area (Å²) in [6.07, 6.45) is 5.94. The molecule has 0 amide bonds. The fourth-order valence-electron chi connectivity index (χ4n) is 1.79. The Bertz CT molecular complexity index is 539. The Balaban J connectivity index is 2.16. The maximum absolute atomic E-state index is 5.83. The van der Waals surface area contributed by atoms with Crippen LogP contribution in [-0.2, 0) is 13.0 Å². The molecule has 2 heterocycles. The molecule has 5 nitrogen and oxygen atoms in total. The fourth-order valence-corrected chi connectivity index (χ4v) is 1.79. The molecule has 5 heteroatoms. The van der Waals surface area contributed by atoms with Crippen molar-refractivity contribution in [3.05, 3.63) is 41.5 Å². The molecule has 0 aliphatic rings. The standard InChI is InChI=1S/C13H17N5/c1-3-11-12(14)17-8-18-13(11)16-7-10-6-15-5-4-9(10)2/h4-6,8H,3,7H2,1-2H3,(H3,14,16,17,18). The molecule has 2 rings (SSSR count). The predicted molar refractivity (Wildman–Crippen MR) is 72.1 cm³/mol. The SMILES string of the molecule is CCc1c(N)ncnc1NCc1cnccc1C. The molecule has 0 aliphatic heterocycles. The van der Waals surface area contributed by atoms with Gasteiger partial charge in [-0.3, -0.25) is 4.98 Å². The van der Waals surface area contributed by atoms with Crippen LogP contribution in [0.25, 0.3) is 0 Å². The molecule has 0 saturated carbocycles. The summed E-state index contributed by atoms with van der Waals surface area (Å²) < 4.78 is 0. The Labute approximate surface area is 106 Å². The molecule has 0 atom stereocenters. The number of pyridine rings is 1. The molecular weight excluding hydrogens is 226 g/mol. The zero-order chi connectivity index (χ0) is 13.0. The first-order chi connectivity index (χ1) is 8.72. The number of nitrogens with one attached hydrogen (secondary N) is 1. The largest absolute Gasteiger partial charge is 0.383 e. The monoisotopic (exact) mass is 243 g/mol. The van der Waals surface area contributed by atoms with Gasteiger partial charge in [-0.2, -0.15) is 0 Å². The van der Waals surface area contributed by atoms with Gasteiger partial charge in [0, 0.05) is 24.5 Å². The number of anilines is 2. The number of aromatic nitrogens is 3. The summed E-state index contributed by atoms with van der Waals surface area (Å²) in [6.45, 7) is 4.78. The minimum Gasteiger partial charge on any atom is -0.383 e. The summed E-state index contributed by atoms with van der Waals surface area (Å²) >= 11 is 0. The predicted octanol–water partition coefficient (Wildman–Crippen LogP) is 1.94. The van der Waals surface area contributed by atoms with E-state index in [2.05, 4.69) is 27.2 Å². The summed E-state index contributed by atoms with van der Waals surface area (Å²) in [5.41, 5.74) is 9.14. The first kappa shape index (κ1) is 12.3. The van der Waals surface area contributed by atoms with E-state index in [4.69, 9.17) is 5.73 Å². The van der Waals surface area contributed by atoms with Gasteiger partial charge in [0.15, 0.2) is 0 Å². The van der Waals surface area contributed by atoms with Gasteiger partial charge in [0.1, 0.15) is 18.0 Å². The highest BCUT2D eigenvalue weighted by Crippen LogP contribution is 2.18. The summed E-state index contributed by atoms with van der Waals surface area (Å²) in [5, 5.41) is 3.29. The van der Waals surface area contributed by atoms with Gasteiger partial charge < -0.3 is 11.1 Å². The number of nitrogens with two attached hydrogens (primary N) is 1. The van der Waals surface area contributed by atoms with Crippen molar-refractivity contribution < 1.29 is 0 Å². The maximum atomic E-state index is 5.83. The van der Waals surface area contributed by atoms with Crippen molar-refractivity contribution in [2.24, 2.45) is 0 Å². The summed E-state index contributed by atoms with van der Waals surface area (Å²) in [7, 11) is 0. The van der Waals surface area contributed by atoms with Gasteiger partial charge in [0.05, 0.1) is 0 Å². The average Bonchev–Trinajstić information content (AvgIpc) is 2.38. The first-order valence-electron chi connectivity index (χ1n) is 5.95. The quantitative estimate of drug-likeness (QED) is 0.858. The van der Waals surface area contributed by atoms with Gasteiger partial charge in [-0.25, -0.2) is 9.97 Å². The van der Waals surface area contributed by atoms with Gasteiger partial charge >= 0.3 is 0 Å². The molecule has 0 fully saturated rings. The van der Waals surface area contributed by atoms with Crippen LogP contribution in [0.2, 0.25) is 0 Å². The van der Waals surface area contributed by atoms with E-state index in [1.54, 1.807) is 6.20 Å². The van der Waals surface area contributed by atoms with Gasteiger partial charge in [0.25, 0.3) is 0 Å². The van der Waals surface area contributed by atoms with E-state index in [9.17, 15) is 0 Å². The number of nitrogen functional groups attached to an aromatic ring is 1. The molecule has 0 aromatic carbocycles. The topological polar surface area (TPSA) is 76.7 Å². The number of hydrogen-bond donors (Lipinski definition) is 2. The van der Waals surface area contributed by atoms with Crippen LogP contribution in [0.1, 0.15) is 23.6 Å². The van der Waals surface area contributed by atoms with Crippen molar-refractivity contribution in [2.75, 3.05) is 11.1 Å². The van der Waals surface area contributed by atoms with Crippen LogP contribution in [0, 0.1) is 6.92 Å². The van der Waals surface area contributed by atoms with Crippen molar-refractivity contribution in [2.45, 2.75) is 26.8 Å². The molecule has 0 saturated heterocycles. The lowest BCUT2D eigenvalue weighted by Gasteiger charge is -2.11. The molecule has 2 aromatic heterocycles. The Morgan fingerprint density at radius 3 is 2.89 bits per heavy atom. The second kappa shape index (κ2) is 5.44. The van der Waals surface area contributed by atoms with Crippen LogP contribution in [0.15, 0.2) is 24.8 Å². The Morgan fingerprint density at radius 2 is 2.17 bits per heavy atom. The smallest absolute Gasteiger partial charge is 0.134 e. The van der Waals surface area contributed by atoms with Crippen molar-refractivity contribution >= 4 is 11.6 Å². The molecule has 0 unspecified atom stereocenters. The summed E-state index contributed by atoms with van der Waals surface area (Å²) in [6, 6.07) is 1.99. The summed E-state index contributed by atoms with van der Waals surface area (Å²) in [5.74, 6) is 1.34. The zero-order valence-corrected chi connectivity index (χ0v) is 10.6. The highest BCUT2D eigenvalue weighted by atomic mass is 15.0. The normalized spacial score (nSPS) is 10.3. The summed E-state index contributed by atoms with van der Waals surface area (Å²) in [4.78, 5) is 12.4. The van der Waals surface area contributed by atoms with Crippen LogP contribution in [0.3, 0.4) is 0 Å². The van der Waals surface area contributed by atoms with E-state index in [0.717, 1.165) is 23.4 Å². The number of aryl methyl sites for hydroxylation is 1. The first-order valence-corrected chi connectivity index (χ1v) is 5.95. The van der Waals surface area contributed by atoms with E-state index < -0.39 is 0 Å². The van der Waals surface area contributed by atoms with E-state index in [1.165, 1.54) is 11.9 Å². The van der Waals surface area contributed by atoms with Gasteiger partial charge in [0.2, 0.25) is 0 Å². The van der Waals surface area contributed by atoms with Crippen molar-refractivity contribution in [1.29, 1.82) is 0 Å². The van der Waals surface area contributed by atoms with Crippen LogP contribution in [0.4, 0.5) is 11.6 Å². The van der Waals surface area contributed by atoms with Crippen molar-refractivity contribution in [1.82, 2.24) is 15.0 Å². The van der Waals surface area contributed by atoms with E-state index in [-0.39, 0.29) is 0 Å². The highest BCUT2D eigenvalue weighted by Gasteiger charge is 2.07. The van der Waals surface area contributed by atoms with Crippen LogP contribution >= 0.6 is 0 Å². The lowest BCUT2D eigenvalue weighted by Crippen LogP contribution is -2.08. The van der Waals surface area contributed by atoms with Crippen molar-refractivity contribution in [3.8, 4) is 0 Å². The number of hydrogen-bond acceptors (Lipinski definition) is 5. The Morgan fingerprint density at radius 1 is 1.33 bits per heavy atom. The third-order valence-electron chi connectivity index (χ3n) is 2.93. The molecule has 0 bridgehead atoms. The fraction of sp³-hybridized carbons (Fsp3) is 0.308. The van der Waals surface area contributed by atoms with Crippen LogP contribution in [0.5, 0.6) is 0 Å². The molecule has 0 aliphatic carbocycles. The van der Waals surface area contributed by atoms with Gasteiger partial charge in [-0.05, 0) is 30.5 Å². The Kier molecular flexibility index (Phi) is 3.72. The molecular formula is C13H17N5. The molecule has 3 N–H and O–H groups in total. The third kappa shape index (κ3) is 2.56. The zero-order valence-electron chi connectivity index (χ0n) is 10.6. The number of rotatable bonds is 4. The minimum absolute atomic E-state index is 0.540. The lowest BCUT2D eigenvalue weighted by atomic mass is 10.1. The molecule has 0 spiro atoms. The Hall–Kier alpha value is -2.17. The third-order valence-corrected chi connectivity index (χ3v) is 2.93. The van der Waals surface area contributed by atoms with Crippen LogP contribution < -0.4 is 11.1 Å². The highest BCUT2D eigenvalue weighted by molar-refractivity contribution is 5.55. The van der Waals surface area contributed by atoms with Crippen LogP contribution in [-0.4, -0.2) is 15.0 Å². The minimum atomic E-state index is 0.540. The molecule has 94 valence electrons. The number of nitrogens with zero attached hydrogens (tertiary/aromatic N) is 3. The van der Waals surface area contributed by atoms with Gasteiger partial charge in [-0.15, -0.1) is 0 Å².